The van der Waals surface area contributed by atoms with Crippen LogP contribution in [0.2, 0.25) is 10.0 Å². The number of hydrogen-bond acceptors (Lipinski definition) is 6. The van der Waals surface area contributed by atoms with E-state index >= 15 is 0 Å². The number of fused-ring (bicyclic) bond motifs is 1. The first-order valence-corrected chi connectivity index (χ1v) is 11.6. The highest BCUT2D eigenvalue weighted by molar-refractivity contribution is 6.31. The third-order valence-corrected chi connectivity index (χ3v) is 6.21. The predicted molar refractivity (Wildman–Crippen MR) is 136 cm³/mol. The van der Waals surface area contributed by atoms with Gasteiger partial charge in [0.2, 0.25) is 0 Å². The van der Waals surface area contributed by atoms with Crippen LogP contribution < -0.4 is 10.9 Å². The molecule has 0 amide bonds. The van der Waals surface area contributed by atoms with Crippen molar-refractivity contribution in [1.82, 2.24) is 24.3 Å². The SMILES string of the molecule is O=c1ccc(Cl)cn1Cc1ccc(Cn2cc3c(NCc4c(Cl)ccc(O)c4F)ncnc3n2)cc1. The number of aromatic nitrogens is 5. The Hall–Kier alpha value is -3.95. The first-order chi connectivity index (χ1) is 17.4. The van der Waals surface area contributed by atoms with Crippen LogP contribution in [0, 0.1) is 5.82 Å². The highest BCUT2D eigenvalue weighted by atomic mass is 35.5. The molecule has 0 unspecified atom stereocenters. The molecule has 3 heterocycles. The number of nitrogens with zero attached hydrogens (tertiary/aromatic N) is 5. The van der Waals surface area contributed by atoms with Crippen LogP contribution in [-0.2, 0) is 19.6 Å². The lowest BCUT2D eigenvalue weighted by Crippen LogP contribution is -2.18. The van der Waals surface area contributed by atoms with Crippen molar-refractivity contribution in [2.75, 3.05) is 5.32 Å². The minimum Gasteiger partial charge on any atom is -0.505 e. The quantitative estimate of drug-likeness (QED) is 0.316. The third kappa shape index (κ3) is 5.02. The maximum Gasteiger partial charge on any atom is 0.250 e. The zero-order valence-electron chi connectivity index (χ0n) is 18.7. The van der Waals surface area contributed by atoms with Crippen molar-refractivity contribution in [2.24, 2.45) is 0 Å². The van der Waals surface area contributed by atoms with E-state index in [4.69, 9.17) is 23.2 Å². The van der Waals surface area contributed by atoms with E-state index in [1.165, 1.54) is 24.5 Å². The van der Waals surface area contributed by atoms with Gasteiger partial charge in [0.1, 0.15) is 12.1 Å². The summed E-state index contributed by atoms with van der Waals surface area (Å²) in [5.74, 6) is -0.783. The fourth-order valence-corrected chi connectivity index (χ4v) is 4.18. The van der Waals surface area contributed by atoms with Crippen molar-refractivity contribution in [1.29, 1.82) is 0 Å². The largest absolute Gasteiger partial charge is 0.505 e. The van der Waals surface area contributed by atoms with Crippen molar-refractivity contribution >= 4 is 40.1 Å². The fourth-order valence-electron chi connectivity index (χ4n) is 3.79. The second-order valence-corrected chi connectivity index (χ2v) is 8.97. The van der Waals surface area contributed by atoms with Gasteiger partial charge in [-0.15, -0.1) is 0 Å². The Morgan fingerprint density at radius 1 is 0.944 bits per heavy atom. The van der Waals surface area contributed by atoms with E-state index in [0.717, 1.165) is 11.1 Å². The number of anilines is 1. The summed E-state index contributed by atoms with van der Waals surface area (Å²) in [5, 5.41) is 18.6. The van der Waals surface area contributed by atoms with Gasteiger partial charge in [0.05, 0.1) is 23.5 Å². The molecule has 0 bridgehead atoms. The van der Waals surface area contributed by atoms with Gasteiger partial charge in [0.15, 0.2) is 17.2 Å². The maximum atomic E-state index is 14.3. The van der Waals surface area contributed by atoms with Crippen molar-refractivity contribution in [3.8, 4) is 5.75 Å². The summed E-state index contributed by atoms with van der Waals surface area (Å²) < 4.78 is 17.6. The lowest BCUT2D eigenvalue weighted by molar-refractivity contribution is 0.429. The molecule has 0 saturated carbocycles. The lowest BCUT2D eigenvalue weighted by Gasteiger charge is -2.09. The summed E-state index contributed by atoms with van der Waals surface area (Å²) in [5.41, 5.74) is 2.46. The number of aromatic hydroxyl groups is 1. The summed E-state index contributed by atoms with van der Waals surface area (Å²) in [7, 11) is 0. The summed E-state index contributed by atoms with van der Waals surface area (Å²) in [6.45, 7) is 0.924. The molecule has 8 nitrogen and oxygen atoms in total. The van der Waals surface area contributed by atoms with Crippen LogP contribution in [0.5, 0.6) is 5.75 Å². The minimum atomic E-state index is -0.778. The third-order valence-electron chi connectivity index (χ3n) is 5.63. The van der Waals surface area contributed by atoms with E-state index in [0.29, 0.717) is 35.0 Å². The zero-order chi connectivity index (χ0) is 25.2. The van der Waals surface area contributed by atoms with Crippen LogP contribution in [0.4, 0.5) is 10.2 Å². The molecule has 0 atom stereocenters. The molecule has 0 aliphatic rings. The van der Waals surface area contributed by atoms with E-state index in [9.17, 15) is 14.3 Å². The molecule has 11 heteroatoms. The average molecular weight is 525 g/mol. The molecule has 0 spiro atoms. The van der Waals surface area contributed by atoms with Crippen LogP contribution in [0.15, 0.2) is 72.0 Å². The van der Waals surface area contributed by atoms with E-state index < -0.39 is 11.6 Å². The molecule has 0 aliphatic heterocycles. The van der Waals surface area contributed by atoms with Gasteiger partial charge in [-0.05, 0) is 29.3 Å². The molecule has 0 saturated heterocycles. The van der Waals surface area contributed by atoms with Crippen LogP contribution in [0.25, 0.3) is 11.0 Å². The van der Waals surface area contributed by atoms with E-state index in [-0.39, 0.29) is 22.7 Å². The second kappa shape index (κ2) is 9.96. The minimum absolute atomic E-state index is 0.0214. The van der Waals surface area contributed by atoms with Crippen molar-refractivity contribution in [3.05, 3.63) is 110 Å². The molecule has 182 valence electrons. The van der Waals surface area contributed by atoms with Crippen LogP contribution in [0.1, 0.15) is 16.7 Å². The summed E-state index contributed by atoms with van der Waals surface area (Å²) in [6, 6.07) is 13.5. The Morgan fingerprint density at radius 2 is 1.69 bits per heavy atom. The smallest absolute Gasteiger partial charge is 0.250 e. The number of phenolic OH excluding ortho intramolecular Hbond substituents is 1. The summed E-state index contributed by atoms with van der Waals surface area (Å²) >= 11 is 12.1. The van der Waals surface area contributed by atoms with E-state index in [1.54, 1.807) is 27.7 Å². The Labute approximate surface area is 214 Å². The normalized spacial score (nSPS) is 11.2. The van der Waals surface area contributed by atoms with Gasteiger partial charge in [-0.2, -0.15) is 5.10 Å². The zero-order valence-corrected chi connectivity index (χ0v) is 20.2. The Kier molecular flexibility index (Phi) is 6.58. The van der Waals surface area contributed by atoms with Gasteiger partial charge in [-0.3, -0.25) is 9.48 Å². The molecule has 3 aromatic heterocycles. The van der Waals surface area contributed by atoms with Gasteiger partial charge < -0.3 is 15.0 Å². The molecular weight excluding hydrogens is 506 g/mol. The Balaban J connectivity index is 1.31. The number of benzene rings is 2. The highest BCUT2D eigenvalue weighted by Gasteiger charge is 2.14. The topological polar surface area (TPSA) is 97.9 Å². The molecular formula is C25H19Cl2FN6O2. The predicted octanol–water partition coefficient (Wildman–Crippen LogP) is 4.85. The molecule has 0 radical (unpaired) electrons. The fraction of sp³-hybridized carbons (Fsp3) is 0.120. The van der Waals surface area contributed by atoms with Gasteiger partial charge in [0, 0.05) is 35.6 Å². The number of hydrogen-bond donors (Lipinski definition) is 2. The molecule has 0 fully saturated rings. The second-order valence-electron chi connectivity index (χ2n) is 8.13. The van der Waals surface area contributed by atoms with Crippen molar-refractivity contribution < 1.29 is 9.50 Å². The Bertz CT molecular complexity index is 1620. The number of phenols is 1. The first kappa shape index (κ1) is 23.8. The van der Waals surface area contributed by atoms with Crippen molar-refractivity contribution in [2.45, 2.75) is 19.6 Å². The van der Waals surface area contributed by atoms with Crippen molar-refractivity contribution in [3.63, 3.8) is 0 Å². The standard InChI is InChI=1S/C25H19Cl2FN6O2/c26-17-5-8-22(36)33(12-17)10-15-1-3-16(4-2-15)11-34-13-19-24(30-14-31-25(19)32-34)29-9-18-20(27)6-7-21(35)23(18)28/h1-8,12-14,35H,9-11H2,(H,29,30,31,32). The Morgan fingerprint density at radius 3 is 2.47 bits per heavy atom. The molecule has 5 aromatic rings. The highest BCUT2D eigenvalue weighted by Crippen LogP contribution is 2.28. The van der Waals surface area contributed by atoms with Gasteiger partial charge in [-0.25, -0.2) is 14.4 Å². The summed E-state index contributed by atoms with van der Waals surface area (Å²) in [4.78, 5) is 20.5. The number of halogens is 3. The van der Waals surface area contributed by atoms with Crippen LogP contribution in [0.3, 0.4) is 0 Å². The van der Waals surface area contributed by atoms with E-state index in [2.05, 4.69) is 20.4 Å². The molecule has 5 rings (SSSR count). The van der Waals surface area contributed by atoms with Crippen LogP contribution >= 0.6 is 23.2 Å². The van der Waals surface area contributed by atoms with Gasteiger partial charge in [0.25, 0.3) is 5.56 Å². The number of nitrogens with one attached hydrogen (secondary N) is 1. The van der Waals surface area contributed by atoms with E-state index in [1.807, 2.05) is 24.3 Å². The monoisotopic (exact) mass is 524 g/mol. The molecule has 0 aliphatic carbocycles. The van der Waals surface area contributed by atoms with Gasteiger partial charge >= 0.3 is 0 Å². The molecule has 36 heavy (non-hydrogen) atoms. The maximum absolute atomic E-state index is 14.3. The lowest BCUT2D eigenvalue weighted by atomic mass is 10.1. The van der Waals surface area contributed by atoms with Gasteiger partial charge in [-0.1, -0.05) is 47.5 Å². The average Bonchev–Trinajstić information content (AvgIpc) is 3.28. The number of pyridine rings is 1. The first-order valence-electron chi connectivity index (χ1n) is 10.9. The van der Waals surface area contributed by atoms with Crippen LogP contribution in [-0.4, -0.2) is 29.4 Å². The molecule has 2 N–H and O–H groups in total. The number of rotatable bonds is 7. The molecule has 2 aromatic carbocycles. The summed E-state index contributed by atoms with van der Waals surface area (Å²) in [6.07, 6.45) is 4.79.